The SMILES string of the molecule is CCCCCNC(=O)C(c1ccccc1)N(Cc1ccc(Cl)cc1)C(C)=O. The Balaban J connectivity index is 2.26. The molecule has 4 nitrogen and oxygen atoms in total. The molecular weight excluding hydrogens is 360 g/mol. The zero-order valence-electron chi connectivity index (χ0n) is 16.0. The molecule has 0 fully saturated rings. The van der Waals surface area contributed by atoms with E-state index in [4.69, 9.17) is 11.6 Å². The number of rotatable bonds is 9. The Labute approximate surface area is 166 Å². The number of unbranched alkanes of at least 4 members (excludes halogenated alkanes) is 2. The van der Waals surface area contributed by atoms with Gasteiger partial charge in [0.2, 0.25) is 11.8 Å². The van der Waals surface area contributed by atoms with E-state index in [1.807, 2.05) is 42.5 Å². The molecule has 1 atom stereocenters. The van der Waals surface area contributed by atoms with Gasteiger partial charge >= 0.3 is 0 Å². The van der Waals surface area contributed by atoms with Gasteiger partial charge in [-0.05, 0) is 29.7 Å². The van der Waals surface area contributed by atoms with E-state index >= 15 is 0 Å². The van der Waals surface area contributed by atoms with Gasteiger partial charge in [-0.1, -0.05) is 73.8 Å². The highest BCUT2D eigenvalue weighted by molar-refractivity contribution is 6.30. The standard InChI is InChI=1S/C22H27ClN2O2/c1-3-4-8-15-24-22(27)21(19-9-6-5-7-10-19)25(17(2)26)16-18-11-13-20(23)14-12-18/h5-7,9-14,21H,3-4,8,15-16H2,1-2H3,(H,24,27). The van der Waals surface area contributed by atoms with Gasteiger partial charge in [0.15, 0.2) is 0 Å². The van der Waals surface area contributed by atoms with Crippen LogP contribution in [0.2, 0.25) is 5.02 Å². The highest BCUT2D eigenvalue weighted by Crippen LogP contribution is 2.24. The summed E-state index contributed by atoms with van der Waals surface area (Å²) < 4.78 is 0. The zero-order chi connectivity index (χ0) is 19.6. The van der Waals surface area contributed by atoms with Gasteiger partial charge in [0.05, 0.1) is 0 Å². The topological polar surface area (TPSA) is 49.4 Å². The minimum absolute atomic E-state index is 0.150. The highest BCUT2D eigenvalue weighted by atomic mass is 35.5. The summed E-state index contributed by atoms with van der Waals surface area (Å²) in [5, 5.41) is 3.63. The first kappa shape index (κ1) is 21.0. The minimum Gasteiger partial charge on any atom is -0.354 e. The van der Waals surface area contributed by atoms with Crippen LogP contribution in [0.15, 0.2) is 54.6 Å². The lowest BCUT2D eigenvalue weighted by molar-refractivity contribution is -0.140. The van der Waals surface area contributed by atoms with Crippen LogP contribution in [0, 0.1) is 0 Å². The molecule has 144 valence electrons. The maximum absolute atomic E-state index is 13.0. The van der Waals surface area contributed by atoms with E-state index in [0.29, 0.717) is 18.1 Å². The number of hydrogen-bond donors (Lipinski definition) is 1. The Bertz CT molecular complexity index is 732. The number of nitrogens with zero attached hydrogens (tertiary/aromatic N) is 1. The molecule has 5 heteroatoms. The number of hydrogen-bond acceptors (Lipinski definition) is 2. The maximum atomic E-state index is 13.0. The van der Waals surface area contributed by atoms with Gasteiger partial charge in [-0.25, -0.2) is 0 Å². The zero-order valence-corrected chi connectivity index (χ0v) is 16.7. The molecule has 0 aromatic heterocycles. The van der Waals surface area contributed by atoms with E-state index in [2.05, 4.69) is 12.2 Å². The van der Waals surface area contributed by atoms with Crippen LogP contribution in [-0.2, 0) is 16.1 Å². The van der Waals surface area contributed by atoms with E-state index in [0.717, 1.165) is 30.4 Å². The Hall–Kier alpha value is -2.33. The van der Waals surface area contributed by atoms with Gasteiger partial charge in [-0.3, -0.25) is 9.59 Å². The predicted molar refractivity (Wildman–Crippen MR) is 109 cm³/mol. The molecule has 1 unspecified atom stereocenters. The summed E-state index contributed by atoms with van der Waals surface area (Å²) in [6.07, 6.45) is 3.09. The summed E-state index contributed by atoms with van der Waals surface area (Å²) in [5.41, 5.74) is 1.73. The van der Waals surface area contributed by atoms with Crippen molar-refractivity contribution in [2.75, 3.05) is 6.54 Å². The summed E-state index contributed by atoms with van der Waals surface area (Å²) in [6, 6.07) is 16.1. The molecule has 0 aliphatic carbocycles. The fourth-order valence-electron chi connectivity index (χ4n) is 2.96. The molecule has 0 radical (unpaired) electrons. The second kappa shape index (κ2) is 10.7. The second-order valence-corrected chi connectivity index (χ2v) is 7.02. The molecule has 0 aliphatic heterocycles. The third-order valence-electron chi connectivity index (χ3n) is 4.43. The van der Waals surface area contributed by atoms with Gasteiger partial charge in [0.25, 0.3) is 0 Å². The van der Waals surface area contributed by atoms with Crippen LogP contribution in [0.4, 0.5) is 0 Å². The summed E-state index contributed by atoms with van der Waals surface area (Å²) in [5.74, 6) is -0.302. The fraction of sp³-hybridized carbons (Fsp3) is 0.364. The maximum Gasteiger partial charge on any atom is 0.247 e. The highest BCUT2D eigenvalue weighted by Gasteiger charge is 2.29. The first-order chi connectivity index (χ1) is 13.0. The lowest BCUT2D eigenvalue weighted by atomic mass is 10.0. The molecule has 2 aromatic rings. The van der Waals surface area contributed by atoms with Crippen molar-refractivity contribution in [3.63, 3.8) is 0 Å². The van der Waals surface area contributed by atoms with Crippen molar-refractivity contribution in [1.82, 2.24) is 10.2 Å². The van der Waals surface area contributed by atoms with Crippen LogP contribution in [0.3, 0.4) is 0 Å². The molecule has 0 aliphatic rings. The van der Waals surface area contributed by atoms with E-state index < -0.39 is 6.04 Å². The Morgan fingerprint density at radius 2 is 1.70 bits per heavy atom. The number of carbonyl (C=O) groups is 2. The molecule has 1 N–H and O–H groups in total. The van der Waals surface area contributed by atoms with Gasteiger partial charge < -0.3 is 10.2 Å². The van der Waals surface area contributed by atoms with E-state index in [-0.39, 0.29) is 11.8 Å². The smallest absolute Gasteiger partial charge is 0.247 e. The van der Waals surface area contributed by atoms with Crippen LogP contribution in [0.5, 0.6) is 0 Å². The summed E-state index contributed by atoms with van der Waals surface area (Å²) in [4.78, 5) is 27.0. The van der Waals surface area contributed by atoms with Crippen LogP contribution >= 0.6 is 11.6 Å². The quantitative estimate of drug-likeness (QED) is 0.633. The van der Waals surface area contributed by atoms with Crippen LogP contribution in [0.1, 0.15) is 50.3 Å². The fourth-order valence-corrected chi connectivity index (χ4v) is 3.09. The summed E-state index contributed by atoms with van der Waals surface area (Å²) in [6.45, 7) is 4.57. The Morgan fingerprint density at radius 3 is 2.30 bits per heavy atom. The molecule has 2 aromatic carbocycles. The largest absolute Gasteiger partial charge is 0.354 e. The van der Waals surface area contributed by atoms with Crippen molar-refractivity contribution in [3.05, 3.63) is 70.7 Å². The van der Waals surface area contributed by atoms with Crippen molar-refractivity contribution in [2.45, 2.75) is 45.7 Å². The van der Waals surface area contributed by atoms with Crippen LogP contribution in [-0.4, -0.2) is 23.3 Å². The average molecular weight is 387 g/mol. The molecule has 0 spiro atoms. The van der Waals surface area contributed by atoms with Crippen molar-refractivity contribution in [2.24, 2.45) is 0 Å². The lowest BCUT2D eigenvalue weighted by Crippen LogP contribution is -2.42. The van der Waals surface area contributed by atoms with Crippen LogP contribution in [0.25, 0.3) is 0 Å². The normalized spacial score (nSPS) is 11.7. The van der Waals surface area contributed by atoms with Crippen molar-refractivity contribution in [1.29, 1.82) is 0 Å². The first-order valence-corrected chi connectivity index (χ1v) is 9.75. The van der Waals surface area contributed by atoms with Gasteiger partial charge in [-0.2, -0.15) is 0 Å². The van der Waals surface area contributed by atoms with Gasteiger partial charge in [-0.15, -0.1) is 0 Å². The van der Waals surface area contributed by atoms with Crippen molar-refractivity contribution >= 4 is 23.4 Å². The van der Waals surface area contributed by atoms with E-state index in [1.165, 1.54) is 6.92 Å². The number of nitrogens with one attached hydrogen (secondary N) is 1. The number of benzene rings is 2. The van der Waals surface area contributed by atoms with Crippen LogP contribution < -0.4 is 5.32 Å². The third-order valence-corrected chi connectivity index (χ3v) is 4.68. The number of amides is 2. The molecule has 2 rings (SSSR count). The third kappa shape index (κ3) is 6.40. The number of carbonyl (C=O) groups excluding carboxylic acids is 2. The molecule has 0 heterocycles. The Kier molecular flexibility index (Phi) is 8.34. The molecule has 2 amide bonds. The average Bonchev–Trinajstić information content (AvgIpc) is 2.67. The molecule has 0 bridgehead atoms. The van der Waals surface area contributed by atoms with Crippen molar-refractivity contribution in [3.8, 4) is 0 Å². The lowest BCUT2D eigenvalue weighted by Gasteiger charge is -2.30. The van der Waals surface area contributed by atoms with Crippen molar-refractivity contribution < 1.29 is 9.59 Å². The number of halogens is 1. The van der Waals surface area contributed by atoms with Gasteiger partial charge in [0.1, 0.15) is 6.04 Å². The van der Waals surface area contributed by atoms with Gasteiger partial charge in [0, 0.05) is 25.0 Å². The second-order valence-electron chi connectivity index (χ2n) is 6.58. The first-order valence-electron chi connectivity index (χ1n) is 9.37. The van der Waals surface area contributed by atoms with E-state index in [9.17, 15) is 9.59 Å². The Morgan fingerprint density at radius 1 is 1.04 bits per heavy atom. The predicted octanol–water partition coefficient (Wildman–Crippen LogP) is 4.74. The molecule has 27 heavy (non-hydrogen) atoms. The monoisotopic (exact) mass is 386 g/mol. The summed E-state index contributed by atoms with van der Waals surface area (Å²) in [7, 11) is 0. The molecule has 0 saturated carbocycles. The van der Waals surface area contributed by atoms with E-state index in [1.54, 1.807) is 17.0 Å². The molecular formula is C22H27ClN2O2. The molecule has 0 saturated heterocycles. The minimum atomic E-state index is -0.666. The summed E-state index contributed by atoms with van der Waals surface area (Å²) >= 11 is 5.96.